The third-order valence-corrected chi connectivity index (χ3v) is 7.08. The van der Waals surface area contributed by atoms with Gasteiger partial charge in [-0.15, -0.1) is 11.6 Å². The molecule has 0 N–H and O–H groups in total. The molecule has 0 aliphatic rings. The topological polar surface area (TPSA) is 0 Å². The van der Waals surface area contributed by atoms with E-state index in [1.807, 2.05) is 0 Å². The van der Waals surface area contributed by atoms with Gasteiger partial charge in [0.15, 0.2) is 116 Å². The average molecular weight is 770 g/mol. The Morgan fingerprint density at radius 1 is 0.235 bits per heavy atom. The molecular weight excluding hydrogens is 770 g/mol. The van der Waals surface area contributed by atoms with Crippen molar-refractivity contribution in [3.05, 3.63) is 116 Å². The molecule has 0 unspecified atom stereocenters. The van der Waals surface area contributed by atoms with Crippen molar-refractivity contribution in [2.24, 2.45) is 0 Å². The first kappa shape index (κ1) is 38.9. The van der Waals surface area contributed by atoms with Crippen molar-refractivity contribution >= 4 is 47.0 Å². The summed E-state index contributed by atoms with van der Waals surface area (Å²) in [6.07, 6.45) is 0. The van der Waals surface area contributed by atoms with Gasteiger partial charge in [0.1, 0.15) is 0 Å². The fraction of sp³-hybridized carbons (Fsp3) is 0. The largest absolute Gasteiger partial charge is 0.310 e. The van der Waals surface area contributed by atoms with Crippen LogP contribution in [-0.4, -0.2) is 13.4 Å². The van der Waals surface area contributed by atoms with Gasteiger partial charge in [0, 0.05) is 33.6 Å². The first-order chi connectivity index (χ1) is 23.7. The van der Waals surface area contributed by atoms with Crippen LogP contribution >= 0.6 is 11.8 Å². The summed E-state index contributed by atoms with van der Waals surface area (Å²) in [6, 6.07) is 0. The number of rotatable bonds is 4. The van der Waals surface area contributed by atoms with E-state index in [9.17, 15) is 87.8 Å². The fourth-order valence-corrected chi connectivity index (χ4v) is 4.69. The summed E-state index contributed by atoms with van der Waals surface area (Å²) in [6.45, 7) is -6.70. The van der Waals surface area contributed by atoms with Gasteiger partial charge >= 0.3 is 13.4 Å². The monoisotopic (exact) mass is 770 g/mol. The molecule has 0 aliphatic heterocycles. The number of thioether (sulfide) groups is 1. The molecule has 0 saturated heterocycles. The molecule has 0 spiro atoms. The average Bonchev–Trinajstić information content (AvgIpc) is 3.10. The van der Waals surface area contributed by atoms with Crippen LogP contribution in [0.25, 0.3) is 0 Å². The Bertz CT molecular complexity index is 1870. The molecule has 4 aromatic carbocycles. The molecule has 0 radical (unpaired) electrons. The first-order valence-electron chi connectivity index (χ1n) is 12.4. The molecule has 0 fully saturated rings. The molecule has 0 bridgehead atoms. The van der Waals surface area contributed by atoms with Crippen molar-refractivity contribution in [1.82, 2.24) is 0 Å². The van der Waals surface area contributed by atoms with Crippen molar-refractivity contribution in [1.29, 1.82) is 0 Å². The Morgan fingerprint density at radius 3 is 0.529 bits per heavy atom. The molecule has 23 heteroatoms. The highest BCUT2D eigenvalue weighted by atomic mass is 32.2. The molecule has 51 heavy (non-hydrogen) atoms. The lowest BCUT2D eigenvalue weighted by Crippen LogP contribution is -2.50. The summed E-state index contributed by atoms with van der Waals surface area (Å²) >= 11 is -0.566. The van der Waals surface area contributed by atoms with E-state index in [4.69, 9.17) is 0 Å². The van der Waals surface area contributed by atoms with Crippen LogP contribution in [-0.2, 0) is 0 Å². The normalized spacial score (nSPS) is 10.9. The predicted molar refractivity (Wildman–Crippen MR) is 138 cm³/mol. The van der Waals surface area contributed by atoms with Gasteiger partial charge in [0.25, 0.3) is 0 Å². The van der Waals surface area contributed by atoms with E-state index in [1.54, 1.807) is 0 Å². The van der Waals surface area contributed by atoms with E-state index in [0.717, 1.165) is 0 Å². The highest BCUT2D eigenvalue weighted by Gasteiger charge is 2.41. The lowest BCUT2D eigenvalue weighted by atomic mass is 9.40. The molecular formula is C28B2F20S. The molecule has 0 aliphatic carbocycles. The smallest absolute Gasteiger partial charge is 0.204 e. The molecule has 0 saturated carbocycles. The first-order valence-corrected chi connectivity index (χ1v) is 13.2. The second-order valence-electron chi connectivity index (χ2n) is 9.40. The van der Waals surface area contributed by atoms with Crippen molar-refractivity contribution in [2.75, 3.05) is 0 Å². The lowest BCUT2D eigenvalue weighted by Gasteiger charge is -2.15. The van der Waals surface area contributed by atoms with E-state index in [0.29, 0.717) is 0 Å². The zero-order valence-electron chi connectivity index (χ0n) is 23.1. The minimum atomic E-state index is -3.35. The van der Waals surface area contributed by atoms with Crippen molar-refractivity contribution < 1.29 is 87.8 Å². The van der Waals surface area contributed by atoms with Crippen molar-refractivity contribution in [2.45, 2.75) is 0 Å². The molecule has 0 heterocycles. The van der Waals surface area contributed by atoms with Crippen LogP contribution in [0.3, 0.4) is 0 Å². The number of benzene rings is 4. The summed E-state index contributed by atoms with van der Waals surface area (Å²) in [5, 5.41) is 2.87. The van der Waals surface area contributed by atoms with Gasteiger partial charge in [-0.05, 0) is 10.5 Å². The van der Waals surface area contributed by atoms with E-state index in [-0.39, 0.29) is 0 Å². The molecule has 0 nitrogen and oxygen atoms in total. The molecule has 4 rings (SSSR count). The zero-order valence-corrected chi connectivity index (χ0v) is 23.9. The van der Waals surface area contributed by atoms with Crippen LogP contribution < -0.4 is 21.9 Å². The summed E-state index contributed by atoms with van der Waals surface area (Å²) < 4.78 is 283. The van der Waals surface area contributed by atoms with Crippen LogP contribution in [0.5, 0.6) is 0 Å². The zero-order chi connectivity index (χ0) is 38.5. The number of hydrogen-bond acceptors (Lipinski definition) is 1. The van der Waals surface area contributed by atoms with Gasteiger partial charge in [-0.1, -0.05) is 0 Å². The Labute approximate surface area is 273 Å². The summed E-state index contributed by atoms with van der Waals surface area (Å²) in [4.78, 5) is 0. The van der Waals surface area contributed by atoms with Crippen LogP contribution in [0, 0.1) is 138 Å². The third-order valence-electron chi connectivity index (χ3n) is 6.64. The highest BCUT2D eigenvalue weighted by molar-refractivity contribution is 8.08. The maximum Gasteiger partial charge on any atom is 0.310 e. The minimum Gasteiger partial charge on any atom is -0.204 e. The number of halogens is 20. The Morgan fingerprint density at radius 2 is 0.373 bits per heavy atom. The van der Waals surface area contributed by atoms with Gasteiger partial charge in [-0.3, -0.25) is 0 Å². The maximum atomic E-state index is 14.6. The van der Waals surface area contributed by atoms with Crippen molar-refractivity contribution in [3.63, 3.8) is 0 Å². The molecule has 4 aromatic rings. The van der Waals surface area contributed by atoms with Crippen LogP contribution in [0.4, 0.5) is 87.8 Å². The van der Waals surface area contributed by atoms with E-state index < -0.39 is 163 Å². The van der Waals surface area contributed by atoms with Crippen molar-refractivity contribution in [3.8, 4) is 22.1 Å². The minimum absolute atomic E-state index is 0.566. The molecule has 264 valence electrons. The van der Waals surface area contributed by atoms with E-state index in [2.05, 4.69) is 0 Å². The van der Waals surface area contributed by atoms with Gasteiger partial charge in [-0.25, -0.2) is 87.8 Å². The molecule has 0 aromatic heterocycles. The highest BCUT2D eigenvalue weighted by Crippen LogP contribution is 2.23. The van der Waals surface area contributed by atoms with Crippen LogP contribution in [0.2, 0.25) is 0 Å². The summed E-state index contributed by atoms with van der Waals surface area (Å²) in [5.41, 5.74) is -9.35. The van der Waals surface area contributed by atoms with Crippen LogP contribution in [0.1, 0.15) is 0 Å². The van der Waals surface area contributed by atoms with E-state index in [1.165, 1.54) is 22.1 Å². The van der Waals surface area contributed by atoms with E-state index >= 15 is 0 Å². The van der Waals surface area contributed by atoms with Crippen LogP contribution in [0.15, 0.2) is 0 Å². The molecule has 0 atom stereocenters. The van der Waals surface area contributed by atoms with Gasteiger partial charge in [0.05, 0.1) is 0 Å². The van der Waals surface area contributed by atoms with Gasteiger partial charge in [-0.2, -0.15) is 0 Å². The fourth-order valence-electron chi connectivity index (χ4n) is 4.28. The third kappa shape index (κ3) is 6.32. The summed E-state index contributed by atoms with van der Waals surface area (Å²) in [7, 11) is 0. The number of hydrogen-bond donors (Lipinski definition) is 0. The quantitative estimate of drug-likeness (QED) is 0.0794. The summed E-state index contributed by atoms with van der Waals surface area (Å²) in [5.74, 6) is -54.8. The Balaban J connectivity index is 1.99. The predicted octanol–water partition coefficient (Wildman–Crippen LogP) is 6.12. The molecule has 0 amide bonds. The maximum absolute atomic E-state index is 14.6. The Kier molecular flexibility index (Phi) is 11.0. The second kappa shape index (κ2) is 14.4. The van der Waals surface area contributed by atoms with Gasteiger partial charge in [0.2, 0.25) is 0 Å². The Hall–Kier alpha value is -4.92. The van der Waals surface area contributed by atoms with Gasteiger partial charge < -0.3 is 0 Å². The standard InChI is InChI=1S/C28B2F20S/c31-9-5(10(32)18(40)25(47)17(9)39)29(6-11(33)19(41)26(48)20(42)12(6)34)1-3-51-4-2-30(7-13(35)21(43)27(49)22(44)14(7)36)8-15(37)23(45)28(50)24(46)16(8)38. The second-order valence-corrected chi connectivity index (χ2v) is 10.0. The SMILES string of the molecule is Fc1c(F)c(F)c(B(C#CSC#CB(c2c(F)c(F)c(F)c(F)c2F)c2c(F)c(F)c(F)c(F)c2F)c2c(F)c(F)c(F)c(F)c2F)c(F)c1F. The lowest BCUT2D eigenvalue weighted by molar-refractivity contribution is 0.382.